The SMILES string of the molecule is CCCNCc1csc(N(C)CC2CCN(C)C2)n1. The highest BCUT2D eigenvalue weighted by atomic mass is 32.1. The minimum atomic E-state index is 0.792. The first-order valence-corrected chi connectivity index (χ1v) is 8.11. The third kappa shape index (κ3) is 4.44. The van der Waals surface area contributed by atoms with Gasteiger partial charge in [0.15, 0.2) is 5.13 Å². The van der Waals surface area contributed by atoms with E-state index in [0.29, 0.717) is 0 Å². The van der Waals surface area contributed by atoms with E-state index in [1.165, 1.54) is 31.6 Å². The molecule has 1 saturated heterocycles. The fourth-order valence-corrected chi connectivity index (χ4v) is 3.39. The fourth-order valence-electron chi connectivity index (χ4n) is 2.59. The number of rotatable bonds is 7. The number of hydrogen-bond donors (Lipinski definition) is 1. The first-order chi connectivity index (χ1) is 9.19. The molecule has 0 bridgehead atoms. The Morgan fingerprint density at radius 1 is 1.58 bits per heavy atom. The summed E-state index contributed by atoms with van der Waals surface area (Å²) >= 11 is 1.76. The lowest BCUT2D eigenvalue weighted by Crippen LogP contribution is -2.27. The summed E-state index contributed by atoms with van der Waals surface area (Å²) in [4.78, 5) is 9.45. The normalized spacial score (nSPS) is 20.1. The summed E-state index contributed by atoms with van der Waals surface area (Å²) in [6.45, 7) is 7.73. The average Bonchev–Trinajstić information content (AvgIpc) is 2.99. The molecule has 1 fully saturated rings. The highest BCUT2D eigenvalue weighted by molar-refractivity contribution is 7.13. The van der Waals surface area contributed by atoms with Crippen molar-refractivity contribution in [2.45, 2.75) is 26.3 Å². The van der Waals surface area contributed by atoms with E-state index in [1.807, 2.05) is 0 Å². The Morgan fingerprint density at radius 2 is 2.42 bits per heavy atom. The molecule has 0 aromatic carbocycles. The van der Waals surface area contributed by atoms with E-state index in [0.717, 1.165) is 30.7 Å². The molecule has 1 N–H and O–H groups in total. The van der Waals surface area contributed by atoms with Crippen LogP contribution in [0.3, 0.4) is 0 Å². The maximum atomic E-state index is 4.71. The lowest BCUT2D eigenvalue weighted by atomic mass is 10.1. The van der Waals surface area contributed by atoms with Crippen molar-refractivity contribution in [1.82, 2.24) is 15.2 Å². The number of thiazole rings is 1. The van der Waals surface area contributed by atoms with Crippen LogP contribution in [0, 0.1) is 5.92 Å². The van der Waals surface area contributed by atoms with Gasteiger partial charge in [0.1, 0.15) is 0 Å². The average molecular weight is 282 g/mol. The summed E-state index contributed by atoms with van der Waals surface area (Å²) in [7, 11) is 4.38. The molecule has 1 atom stereocenters. The first-order valence-electron chi connectivity index (χ1n) is 7.23. The molecule has 5 heteroatoms. The highest BCUT2D eigenvalue weighted by Gasteiger charge is 2.21. The van der Waals surface area contributed by atoms with Crippen molar-refractivity contribution in [2.24, 2.45) is 5.92 Å². The molecule has 0 aliphatic carbocycles. The third-order valence-corrected chi connectivity index (χ3v) is 4.62. The van der Waals surface area contributed by atoms with Crippen molar-refractivity contribution in [2.75, 3.05) is 45.2 Å². The van der Waals surface area contributed by atoms with Crippen molar-refractivity contribution in [3.8, 4) is 0 Å². The van der Waals surface area contributed by atoms with Crippen LogP contribution in [0.5, 0.6) is 0 Å². The quantitative estimate of drug-likeness (QED) is 0.776. The second-order valence-electron chi connectivity index (χ2n) is 5.60. The first kappa shape index (κ1) is 14.8. The summed E-state index contributed by atoms with van der Waals surface area (Å²) in [6, 6.07) is 0. The predicted octanol–water partition coefficient (Wildman–Crippen LogP) is 2.03. The minimum Gasteiger partial charge on any atom is -0.351 e. The summed E-state index contributed by atoms with van der Waals surface area (Å²) < 4.78 is 0. The van der Waals surface area contributed by atoms with Gasteiger partial charge in [0.2, 0.25) is 0 Å². The van der Waals surface area contributed by atoms with E-state index in [1.54, 1.807) is 11.3 Å². The fraction of sp³-hybridized carbons (Fsp3) is 0.786. The molecule has 1 unspecified atom stereocenters. The topological polar surface area (TPSA) is 31.4 Å². The summed E-state index contributed by atoms with van der Waals surface area (Å²) in [5.74, 6) is 0.792. The molecule has 1 aromatic heterocycles. The van der Waals surface area contributed by atoms with Crippen LogP contribution in [0.15, 0.2) is 5.38 Å². The van der Waals surface area contributed by atoms with Gasteiger partial charge < -0.3 is 15.1 Å². The zero-order valence-electron chi connectivity index (χ0n) is 12.4. The summed E-state index contributed by atoms with van der Waals surface area (Å²) in [6.07, 6.45) is 2.49. The number of nitrogens with one attached hydrogen (secondary N) is 1. The lowest BCUT2D eigenvalue weighted by Gasteiger charge is -2.20. The molecule has 4 nitrogen and oxygen atoms in total. The van der Waals surface area contributed by atoms with Gasteiger partial charge in [0.05, 0.1) is 5.69 Å². The molecule has 0 amide bonds. The molecule has 1 aliphatic heterocycles. The van der Waals surface area contributed by atoms with Gasteiger partial charge in [-0.15, -0.1) is 11.3 Å². The molecular weight excluding hydrogens is 256 g/mol. The van der Waals surface area contributed by atoms with Gasteiger partial charge >= 0.3 is 0 Å². The van der Waals surface area contributed by atoms with Crippen molar-refractivity contribution in [1.29, 1.82) is 0 Å². The van der Waals surface area contributed by atoms with Gasteiger partial charge in [-0.3, -0.25) is 0 Å². The van der Waals surface area contributed by atoms with E-state index < -0.39 is 0 Å². The molecule has 0 saturated carbocycles. The van der Waals surface area contributed by atoms with Crippen LogP contribution in [0.2, 0.25) is 0 Å². The Hall–Kier alpha value is -0.650. The van der Waals surface area contributed by atoms with E-state index in [4.69, 9.17) is 4.98 Å². The van der Waals surface area contributed by atoms with Gasteiger partial charge in [0, 0.05) is 32.1 Å². The standard InChI is InChI=1S/C14H26N4S/c1-4-6-15-8-13-11-19-14(16-13)18(3)10-12-5-7-17(2)9-12/h11-12,15H,4-10H2,1-3H3. The van der Waals surface area contributed by atoms with Crippen LogP contribution in [0.1, 0.15) is 25.5 Å². The Balaban J connectivity index is 1.80. The number of nitrogens with zero attached hydrogens (tertiary/aromatic N) is 3. The van der Waals surface area contributed by atoms with Crippen LogP contribution in [0.25, 0.3) is 0 Å². The number of anilines is 1. The maximum Gasteiger partial charge on any atom is 0.185 e. The van der Waals surface area contributed by atoms with Crippen molar-refractivity contribution >= 4 is 16.5 Å². The van der Waals surface area contributed by atoms with Gasteiger partial charge in [0.25, 0.3) is 0 Å². The molecule has 19 heavy (non-hydrogen) atoms. The second kappa shape index (κ2) is 7.22. The largest absolute Gasteiger partial charge is 0.351 e. The van der Waals surface area contributed by atoms with Crippen LogP contribution in [-0.2, 0) is 6.54 Å². The number of likely N-dealkylation sites (tertiary alicyclic amines) is 1. The van der Waals surface area contributed by atoms with Crippen LogP contribution < -0.4 is 10.2 Å². The van der Waals surface area contributed by atoms with Crippen molar-refractivity contribution in [3.05, 3.63) is 11.1 Å². The Morgan fingerprint density at radius 3 is 3.11 bits per heavy atom. The van der Waals surface area contributed by atoms with Gasteiger partial charge in [-0.1, -0.05) is 6.92 Å². The molecule has 0 spiro atoms. The highest BCUT2D eigenvalue weighted by Crippen LogP contribution is 2.22. The maximum absolute atomic E-state index is 4.71. The zero-order valence-corrected chi connectivity index (χ0v) is 13.2. The van der Waals surface area contributed by atoms with Crippen molar-refractivity contribution < 1.29 is 0 Å². The zero-order chi connectivity index (χ0) is 13.7. The van der Waals surface area contributed by atoms with Gasteiger partial charge in [-0.05, 0) is 38.9 Å². The summed E-state index contributed by atoms with van der Waals surface area (Å²) in [5.41, 5.74) is 1.17. The van der Waals surface area contributed by atoms with Crippen LogP contribution >= 0.6 is 11.3 Å². The molecule has 2 heterocycles. The van der Waals surface area contributed by atoms with E-state index in [9.17, 15) is 0 Å². The van der Waals surface area contributed by atoms with Crippen molar-refractivity contribution in [3.63, 3.8) is 0 Å². The summed E-state index contributed by atoms with van der Waals surface area (Å²) in [5, 5.41) is 6.73. The molecule has 0 radical (unpaired) electrons. The second-order valence-corrected chi connectivity index (χ2v) is 6.43. The molecule has 1 aliphatic rings. The monoisotopic (exact) mass is 282 g/mol. The minimum absolute atomic E-state index is 0.792. The molecular formula is C14H26N4S. The predicted molar refractivity (Wildman–Crippen MR) is 83.0 cm³/mol. The molecule has 1 aromatic rings. The lowest BCUT2D eigenvalue weighted by molar-refractivity contribution is 0.396. The van der Waals surface area contributed by atoms with E-state index in [-0.39, 0.29) is 0 Å². The van der Waals surface area contributed by atoms with Crippen LogP contribution in [-0.4, -0.2) is 50.2 Å². The van der Waals surface area contributed by atoms with Gasteiger partial charge in [-0.2, -0.15) is 0 Å². The number of aromatic nitrogens is 1. The van der Waals surface area contributed by atoms with Crippen LogP contribution in [0.4, 0.5) is 5.13 Å². The molecule has 108 valence electrons. The van der Waals surface area contributed by atoms with E-state index in [2.05, 4.69) is 41.5 Å². The van der Waals surface area contributed by atoms with Gasteiger partial charge in [-0.25, -0.2) is 4.98 Å². The molecule has 2 rings (SSSR count). The smallest absolute Gasteiger partial charge is 0.185 e. The Bertz CT molecular complexity index is 379. The Kier molecular flexibility index (Phi) is 5.60. The Labute approximate surface area is 120 Å². The third-order valence-electron chi connectivity index (χ3n) is 3.62. The number of hydrogen-bond acceptors (Lipinski definition) is 5. The van der Waals surface area contributed by atoms with E-state index >= 15 is 0 Å².